The van der Waals surface area contributed by atoms with Crippen LogP contribution in [-0.4, -0.2) is 72.4 Å². The van der Waals surface area contributed by atoms with Crippen LogP contribution in [0.3, 0.4) is 0 Å². The van der Waals surface area contributed by atoms with Crippen LogP contribution in [0.1, 0.15) is 60.9 Å². The maximum absolute atomic E-state index is 12.4. The third-order valence-corrected chi connectivity index (χ3v) is 12.0. The van der Waals surface area contributed by atoms with Crippen molar-refractivity contribution in [2.24, 2.45) is 5.92 Å². The molecule has 0 radical (unpaired) electrons. The molecule has 1 saturated carbocycles. The Bertz CT molecular complexity index is 2000. The van der Waals surface area contributed by atoms with E-state index in [1.54, 1.807) is 0 Å². The molecule has 1 unspecified atom stereocenters. The first-order chi connectivity index (χ1) is 29.9. The van der Waals surface area contributed by atoms with Crippen LogP contribution < -0.4 is 0 Å². The van der Waals surface area contributed by atoms with Crippen molar-refractivity contribution in [1.29, 1.82) is 0 Å². The molecule has 1 N–H and O–H groups in total. The molecule has 61 heavy (non-hydrogen) atoms. The number of benzene rings is 5. The number of aliphatic hydroxyl groups excluding tert-OH is 1. The molecule has 1 aliphatic carbocycles. The molecule has 8 rings (SSSR count). The molecule has 0 spiro atoms. The second-order valence-corrected chi connectivity index (χ2v) is 17.0. The van der Waals surface area contributed by atoms with Crippen LogP contribution in [0.4, 0.5) is 0 Å². The molecule has 10 atom stereocenters. The first-order valence-electron chi connectivity index (χ1n) is 21.8. The van der Waals surface area contributed by atoms with Crippen LogP contribution in [0.5, 0.6) is 0 Å². The minimum absolute atomic E-state index is 0.119. The van der Waals surface area contributed by atoms with Gasteiger partial charge in [0.25, 0.3) is 0 Å². The lowest BCUT2D eigenvalue weighted by Crippen LogP contribution is -2.57. The summed E-state index contributed by atoms with van der Waals surface area (Å²) < 4.78 is 53.5. The molecule has 5 aromatic rings. The van der Waals surface area contributed by atoms with Crippen molar-refractivity contribution in [3.05, 3.63) is 179 Å². The second-order valence-electron chi connectivity index (χ2n) is 17.0. The maximum atomic E-state index is 12.4. The zero-order valence-electron chi connectivity index (χ0n) is 35.3. The molecular weight excluding hydrogens is 769 g/mol. The van der Waals surface area contributed by atoms with Gasteiger partial charge in [0.2, 0.25) is 0 Å². The fourth-order valence-electron chi connectivity index (χ4n) is 8.95. The minimum Gasteiger partial charge on any atom is -0.390 e. The van der Waals surface area contributed by atoms with Gasteiger partial charge in [-0.05, 0) is 60.4 Å². The average Bonchev–Trinajstić information content (AvgIpc) is 3.63. The van der Waals surface area contributed by atoms with Crippen LogP contribution in [-0.2, 0) is 70.9 Å². The van der Waals surface area contributed by atoms with E-state index in [4.69, 9.17) is 37.9 Å². The van der Waals surface area contributed by atoms with Gasteiger partial charge in [0, 0.05) is 6.42 Å². The summed E-state index contributed by atoms with van der Waals surface area (Å²) in [6.07, 6.45) is -2.77. The third kappa shape index (κ3) is 12.0. The normalized spacial score (nSPS) is 27.6. The van der Waals surface area contributed by atoms with E-state index >= 15 is 0 Å². The van der Waals surface area contributed by atoms with Crippen molar-refractivity contribution in [2.45, 2.75) is 127 Å². The van der Waals surface area contributed by atoms with Gasteiger partial charge in [-0.3, -0.25) is 0 Å². The summed E-state index contributed by atoms with van der Waals surface area (Å²) in [6.45, 7) is 6.20. The number of hydrogen-bond donors (Lipinski definition) is 1. The fraction of sp³-hybridized carbons (Fsp3) is 0.423. The molecule has 5 aromatic carbocycles. The predicted molar refractivity (Wildman–Crippen MR) is 232 cm³/mol. The van der Waals surface area contributed by atoms with Crippen LogP contribution >= 0.6 is 0 Å². The van der Waals surface area contributed by atoms with Crippen LogP contribution in [0, 0.1) is 5.92 Å². The van der Waals surface area contributed by atoms with Crippen molar-refractivity contribution in [1.82, 2.24) is 0 Å². The summed E-state index contributed by atoms with van der Waals surface area (Å²) in [5.41, 5.74) is 5.33. The topological polar surface area (TPSA) is 94.1 Å². The van der Waals surface area contributed by atoms with E-state index < -0.39 is 36.3 Å². The predicted octanol–water partition coefficient (Wildman–Crippen LogP) is 8.99. The molecule has 0 aromatic heterocycles. The summed E-state index contributed by atoms with van der Waals surface area (Å²) in [6, 6.07) is 50.7. The lowest BCUT2D eigenvalue weighted by Gasteiger charge is -2.45. The van der Waals surface area contributed by atoms with Gasteiger partial charge in [-0.25, -0.2) is 0 Å². The maximum Gasteiger partial charge on any atom is 0.163 e. The monoisotopic (exact) mass is 828 g/mol. The molecule has 9 nitrogen and oxygen atoms in total. The molecule has 3 fully saturated rings. The lowest BCUT2D eigenvalue weighted by molar-refractivity contribution is -0.238. The van der Waals surface area contributed by atoms with E-state index in [9.17, 15) is 5.11 Å². The lowest BCUT2D eigenvalue weighted by atomic mass is 9.76. The quantitative estimate of drug-likeness (QED) is 0.0876. The molecule has 2 saturated heterocycles. The number of ether oxygens (including phenoxy) is 8. The van der Waals surface area contributed by atoms with Gasteiger partial charge < -0.3 is 43.0 Å². The Kier molecular flexibility index (Phi) is 15.1. The molecule has 2 aliphatic heterocycles. The van der Waals surface area contributed by atoms with E-state index in [0.29, 0.717) is 52.3 Å². The highest BCUT2D eigenvalue weighted by molar-refractivity contribution is 5.17. The van der Waals surface area contributed by atoms with E-state index in [1.807, 2.05) is 117 Å². The molecule has 3 aliphatic rings. The van der Waals surface area contributed by atoms with E-state index in [1.165, 1.54) is 0 Å². The van der Waals surface area contributed by atoms with Crippen molar-refractivity contribution >= 4 is 0 Å². The number of aliphatic hydroxyl groups is 1. The zero-order valence-corrected chi connectivity index (χ0v) is 35.3. The van der Waals surface area contributed by atoms with Gasteiger partial charge in [-0.2, -0.15) is 0 Å². The van der Waals surface area contributed by atoms with E-state index in [0.717, 1.165) is 27.8 Å². The number of rotatable bonds is 19. The summed E-state index contributed by atoms with van der Waals surface area (Å²) in [5, 5.41) is 12.4. The highest BCUT2D eigenvalue weighted by Crippen LogP contribution is 2.45. The van der Waals surface area contributed by atoms with Crippen molar-refractivity contribution < 1.29 is 43.0 Å². The summed E-state index contributed by atoms with van der Waals surface area (Å²) >= 11 is 0. The Balaban J connectivity index is 1.03. The molecular formula is C52H60O9. The van der Waals surface area contributed by atoms with Crippen molar-refractivity contribution in [3.63, 3.8) is 0 Å². The number of hydrogen-bond acceptors (Lipinski definition) is 9. The van der Waals surface area contributed by atoms with E-state index in [-0.39, 0.29) is 36.9 Å². The highest BCUT2D eigenvalue weighted by Gasteiger charge is 2.56. The smallest absolute Gasteiger partial charge is 0.163 e. The Morgan fingerprint density at radius 3 is 1.43 bits per heavy atom. The average molecular weight is 829 g/mol. The first kappa shape index (κ1) is 43.4. The minimum atomic E-state index is -0.857. The fourth-order valence-corrected chi connectivity index (χ4v) is 8.95. The Hall–Kier alpha value is -4.26. The number of fused-ring (bicyclic) bond motifs is 1. The van der Waals surface area contributed by atoms with Crippen LogP contribution in [0.25, 0.3) is 0 Å². The Morgan fingerprint density at radius 2 is 0.934 bits per heavy atom. The highest BCUT2D eigenvalue weighted by atomic mass is 16.8. The summed E-state index contributed by atoms with van der Waals surface area (Å²) in [4.78, 5) is 0. The van der Waals surface area contributed by atoms with Gasteiger partial charge in [0.15, 0.2) is 5.79 Å². The molecule has 9 heteroatoms. The van der Waals surface area contributed by atoms with Crippen LogP contribution in [0.2, 0.25) is 0 Å². The van der Waals surface area contributed by atoms with Crippen LogP contribution in [0.15, 0.2) is 152 Å². The molecule has 2 heterocycles. The third-order valence-electron chi connectivity index (χ3n) is 12.0. The molecule has 0 amide bonds. The largest absolute Gasteiger partial charge is 0.390 e. The van der Waals surface area contributed by atoms with Gasteiger partial charge in [-0.1, -0.05) is 152 Å². The van der Waals surface area contributed by atoms with Gasteiger partial charge in [-0.15, -0.1) is 0 Å². The second kappa shape index (κ2) is 21.2. The van der Waals surface area contributed by atoms with Crippen molar-refractivity contribution in [3.8, 4) is 0 Å². The SMILES string of the molecule is CC1(C)O[C@@H]2[C@@H](OCc3ccccc3)[C@@H](OCc3ccccc3)C[C@@H](CC(O)[C@@H]3C[C@@H](OCc4ccccc4)[C@H](OCc4ccccc4)[C@@H](COCc4ccccc4)O3)[C@@H]2O1. The van der Waals surface area contributed by atoms with Gasteiger partial charge >= 0.3 is 0 Å². The first-order valence-corrected chi connectivity index (χ1v) is 21.8. The summed E-state index contributed by atoms with van der Waals surface area (Å²) in [7, 11) is 0. The standard InChI is InChI=1S/C52H60O9/c1-52(2)60-48-42(29-45(55-32-38-20-10-4-11-21-38)50(51(48)61-52)58-35-41-26-16-7-17-27-41)28-43(53)44-30-46(56-33-39-22-12-5-13-23-39)49(57-34-40-24-14-6-15-25-40)47(59-44)36-54-31-37-18-8-3-9-19-37/h3-27,42-51,53H,28-36H2,1-2H3/t42-,43?,44+,45+,46-,47-,48+,49+,50+,51+/m1/s1. The van der Waals surface area contributed by atoms with Gasteiger partial charge in [0.1, 0.15) is 24.4 Å². The molecule has 322 valence electrons. The zero-order chi connectivity index (χ0) is 41.9. The Morgan fingerprint density at radius 1 is 0.525 bits per heavy atom. The summed E-state index contributed by atoms with van der Waals surface area (Å²) in [5.74, 6) is -0.963. The van der Waals surface area contributed by atoms with Crippen molar-refractivity contribution in [2.75, 3.05) is 6.61 Å². The Labute approximate surface area is 360 Å². The molecule has 0 bridgehead atoms. The van der Waals surface area contributed by atoms with Gasteiger partial charge in [0.05, 0.1) is 70.2 Å². The van der Waals surface area contributed by atoms with E-state index in [2.05, 4.69) is 48.5 Å².